The maximum absolute atomic E-state index is 12.2. The second-order valence-corrected chi connectivity index (χ2v) is 5.45. The summed E-state index contributed by atoms with van der Waals surface area (Å²) >= 11 is 6.72. The molecule has 2 rings (SSSR count). The molecule has 2 aromatic heterocycles. The zero-order valence-corrected chi connectivity index (χ0v) is 12.7. The highest BCUT2D eigenvalue weighted by atomic mass is 32.1. The molecule has 108 valence electrons. The summed E-state index contributed by atoms with van der Waals surface area (Å²) in [6, 6.07) is 3.86. The minimum Gasteiger partial charge on any atom is -0.395 e. The number of aliphatic hydroxyl groups is 1. The number of aliphatic hydroxyl groups excluding tert-OH is 1. The summed E-state index contributed by atoms with van der Waals surface area (Å²) in [6.07, 6.45) is 0. The van der Waals surface area contributed by atoms with Gasteiger partial charge in [0.2, 0.25) is 5.91 Å². The van der Waals surface area contributed by atoms with Crippen molar-refractivity contribution in [3.05, 3.63) is 22.3 Å². The molecule has 0 spiro atoms. The van der Waals surface area contributed by atoms with Gasteiger partial charge in [0.05, 0.1) is 11.5 Å². The van der Waals surface area contributed by atoms with Crippen LogP contribution in [0.2, 0.25) is 0 Å². The number of nitrogens with one attached hydrogen (secondary N) is 1. The summed E-state index contributed by atoms with van der Waals surface area (Å²) < 4.78 is 2.10. The van der Waals surface area contributed by atoms with Crippen molar-refractivity contribution in [3.63, 3.8) is 0 Å². The van der Waals surface area contributed by atoms with Gasteiger partial charge in [-0.15, -0.1) is 11.3 Å². The number of hydrogen-bond donors (Lipinski definition) is 2. The van der Waals surface area contributed by atoms with Crippen molar-refractivity contribution in [1.29, 1.82) is 0 Å². The maximum atomic E-state index is 12.2. The third kappa shape index (κ3) is 3.14. The highest BCUT2D eigenvalue weighted by Gasteiger charge is 2.16. The predicted molar refractivity (Wildman–Crippen MR) is 80.1 cm³/mol. The van der Waals surface area contributed by atoms with Crippen LogP contribution in [0.4, 0.5) is 0 Å². The largest absolute Gasteiger partial charge is 0.395 e. The molecule has 0 fully saturated rings. The van der Waals surface area contributed by atoms with E-state index in [1.54, 1.807) is 20.8 Å². The van der Waals surface area contributed by atoms with Gasteiger partial charge in [-0.05, 0) is 30.6 Å². The Kier molecular flexibility index (Phi) is 5.05. The third-order valence-electron chi connectivity index (χ3n) is 2.90. The summed E-state index contributed by atoms with van der Waals surface area (Å²) in [5, 5.41) is 17.8. The number of thiophene rings is 1. The second kappa shape index (κ2) is 6.78. The Labute approximate surface area is 125 Å². The van der Waals surface area contributed by atoms with Gasteiger partial charge in [-0.25, -0.2) is 0 Å². The van der Waals surface area contributed by atoms with Crippen molar-refractivity contribution in [2.45, 2.75) is 13.5 Å². The fraction of sp³-hybridized carbons (Fsp3) is 0.417. The van der Waals surface area contributed by atoms with Crippen molar-refractivity contribution in [3.8, 4) is 10.7 Å². The molecule has 0 bridgehead atoms. The van der Waals surface area contributed by atoms with Gasteiger partial charge in [0.25, 0.3) is 0 Å². The van der Waals surface area contributed by atoms with E-state index in [0.717, 1.165) is 4.88 Å². The molecule has 0 atom stereocenters. The van der Waals surface area contributed by atoms with Crippen LogP contribution in [0.1, 0.15) is 6.92 Å². The molecule has 2 N–H and O–H groups in total. The smallest absolute Gasteiger partial charge is 0.242 e. The van der Waals surface area contributed by atoms with Crippen LogP contribution < -0.4 is 0 Å². The number of aromatic nitrogens is 3. The lowest BCUT2D eigenvalue weighted by Gasteiger charge is -2.20. The Hall–Kier alpha value is -1.51. The fourth-order valence-electron chi connectivity index (χ4n) is 1.87. The van der Waals surface area contributed by atoms with Crippen LogP contribution in [-0.4, -0.2) is 50.4 Å². The van der Waals surface area contributed by atoms with Crippen LogP contribution in [-0.2, 0) is 11.3 Å². The fourth-order valence-corrected chi connectivity index (χ4v) is 2.79. The summed E-state index contributed by atoms with van der Waals surface area (Å²) in [4.78, 5) is 14.8. The standard InChI is InChI=1S/C12H16N4O2S2/c1-2-15(5-6-17)10(18)8-16-11(13-14-12(16)19)9-4-3-7-20-9/h3-4,7,17H,2,5-6,8H2,1H3,(H,14,19). The molecule has 2 heterocycles. The zero-order chi connectivity index (χ0) is 14.5. The SMILES string of the molecule is CCN(CCO)C(=O)Cn1c(-c2cccs2)n[nH]c1=S. The van der Waals surface area contributed by atoms with Gasteiger partial charge in [0.1, 0.15) is 6.54 Å². The highest BCUT2D eigenvalue weighted by molar-refractivity contribution is 7.71. The molecule has 1 amide bonds. The van der Waals surface area contributed by atoms with Gasteiger partial charge in [-0.1, -0.05) is 6.07 Å². The number of likely N-dealkylation sites (N-methyl/N-ethyl adjacent to an activating group) is 1. The van der Waals surface area contributed by atoms with Crippen LogP contribution >= 0.6 is 23.6 Å². The van der Waals surface area contributed by atoms with E-state index >= 15 is 0 Å². The van der Waals surface area contributed by atoms with E-state index in [0.29, 0.717) is 23.7 Å². The third-order valence-corrected chi connectivity index (χ3v) is 4.08. The first-order valence-electron chi connectivity index (χ1n) is 6.25. The van der Waals surface area contributed by atoms with E-state index < -0.39 is 0 Å². The van der Waals surface area contributed by atoms with Gasteiger partial charge in [0, 0.05) is 13.1 Å². The van der Waals surface area contributed by atoms with Crippen molar-refractivity contribution in [2.75, 3.05) is 19.7 Å². The second-order valence-electron chi connectivity index (χ2n) is 4.11. The van der Waals surface area contributed by atoms with Crippen LogP contribution in [0, 0.1) is 4.77 Å². The van der Waals surface area contributed by atoms with E-state index in [1.165, 1.54) is 0 Å². The van der Waals surface area contributed by atoms with Gasteiger partial charge >= 0.3 is 0 Å². The molecule has 20 heavy (non-hydrogen) atoms. The average Bonchev–Trinajstić information content (AvgIpc) is 3.07. The molecular formula is C12H16N4O2S2. The normalized spacial score (nSPS) is 10.7. The maximum Gasteiger partial charge on any atom is 0.242 e. The molecule has 0 aliphatic rings. The monoisotopic (exact) mass is 312 g/mol. The van der Waals surface area contributed by atoms with Gasteiger partial charge in [0.15, 0.2) is 10.6 Å². The number of rotatable bonds is 6. The van der Waals surface area contributed by atoms with Crippen LogP contribution in [0.3, 0.4) is 0 Å². The first-order valence-corrected chi connectivity index (χ1v) is 7.53. The van der Waals surface area contributed by atoms with Gasteiger partial charge < -0.3 is 10.0 Å². The van der Waals surface area contributed by atoms with Crippen LogP contribution in [0.5, 0.6) is 0 Å². The molecule has 0 unspecified atom stereocenters. The first kappa shape index (κ1) is 14.9. The summed E-state index contributed by atoms with van der Waals surface area (Å²) in [6.45, 7) is 2.83. The number of H-pyrrole nitrogens is 1. The highest BCUT2D eigenvalue weighted by Crippen LogP contribution is 2.22. The quantitative estimate of drug-likeness (QED) is 0.793. The molecule has 0 aliphatic heterocycles. The topological polar surface area (TPSA) is 74.2 Å². The number of amides is 1. The lowest BCUT2D eigenvalue weighted by Crippen LogP contribution is -2.36. The van der Waals surface area contributed by atoms with Crippen molar-refractivity contribution < 1.29 is 9.90 Å². The van der Waals surface area contributed by atoms with Gasteiger partial charge in [-0.2, -0.15) is 5.10 Å². The Morgan fingerprint density at radius 2 is 2.45 bits per heavy atom. The Bertz CT molecular complexity index is 618. The number of nitrogens with zero attached hydrogens (tertiary/aromatic N) is 3. The average molecular weight is 312 g/mol. The summed E-state index contributed by atoms with van der Waals surface area (Å²) in [7, 11) is 0. The minimum absolute atomic E-state index is 0.0475. The summed E-state index contributed by atoms with van der Waals surface area (Å²) in [5.41, 5.74) is 0. The Balaban J connectivity index is 2.23. The van der Waals surface area contributed by atoms with Gasteiger partial charge in [-0.3, -0.25) is 14.5 Å². The van der Waals surface area contributed by atoms with E-state index in [1.807, 2.05) is 24.4 Å². The van der Waals surface area contributed by atoms with Crippen LogP contribution in [0.25, 0.3) is 10.7 Å². The lowest BCUT2D eigenvalue weighted by atomic mass is 10.4. The lowest BCUT2D eigenvalue weighted by molar-refractivity contribution is -0.132. The molecule has 0 saturated heterocycles. The molecule has 0 saturated carbocycles. The van der Waals surface area contributed by atoms with Crippen LogP contribution in [0.15, 0.2) is 17.5 Å². The number of aromatic amines is 1. The Morgan fingerprint density at radius 1 is 1.65 bits per heavy atom. The molecule has 8 heteroatoms. The minimum atomic E-state index is -0.0862. The van der Waals surface area contributed by atoms with Crippen molar-refractivity contribution >= 4 is 29.5 Å². The number of carbonyl (C=O) groups excluding carboxylic acids is 1. The number of carbonyl (C=O) groups is 1. The molecule has 0 radical (unpaired) electrons. The van der Waals surface area contributed by atoms with Crippen molar-refractivity contribution in [2.24, 2.45) is 0 Å². The van der Waals surface area contributed by atoms with E-state index in [2.05, 4.69) is 10.2 Å². The van der Waals surface area contributed by atoms with Crippen molar-refractivity contribution in [1.82, 2.24) is 19.7 Å². The molecule has 0 aliphatic carbocycles. The first-order chi connectivity index (χ1) is 9.67. The number of hydrogen-bond acceptors (Lipinski definition) is 5. The molecule has 0 aromatic carbocycles. The van der Waals surface area contributed by atoms with E-state index in [-0.39, 0.29) is 19.1 Å². The predicted octanol–water partition coefficient (Wildman–Crippen LogP) is 1.51. The molecule has 6 nitrogen and oxygen atoms in total. The zero-order valence-electron chi connectivity index (χ0n) is 11.1. The summed E-state index contributed by atoms with van der Waals surface area (Å²) in [5.74, 6) is 0.579. The molecule has 2 aromatic rings. The Morgan fingerprint density at radius 3 is 3.05 bits per heavy atom. The van der Waals surface area contributed by atoms with E-state index in [9.17, 15) is 4.79 Å². The molecular weight excluding hydrogens is 296 g/mol. The van der Waals surface area contributed by atoms with E-state index in [4.69, 9.17) is 17.3 Å².